The predicted molar refractivity (Wildman–Crippen MR) is 68.6 cm³/mol. The monoisotopic (exact) mass is 387 g/mol. The number of anilines is 1. The van der Waals surface area contributed by atoms with Crippen LogP contribution in [0.15, 0.2) is 11.0 Å². The Kier molecular flexibility index (Phi) is 4.35. The number of hydrogen-bond acceptors (Lipinski definition) is 7. The van der Waals surface area contributed by atoms with Crippen LogP contribution in [-0.2, 0) is 9.68 Å². The van der Waals surface area contributed by atoms with Gasteiger partial charge in [0.2, 0.25) is 0 Å². The minimum atomic E-state index is -1.43. The molecule has 1 fully saturated rings. The van der Waals surface area contributed by atoms with Crippen LogP contribution in [0.1, 0.15) is 6.23 Å². The van der Waals surface area contributed by atoms with Crippen LogP contribution in [0.5, 0.6) is 0 Å². The number of aromatic nitrogens is 2. The van der Waals surface area contributed by atoms with Crippen molar-refractivity contribution in [3.05, 3.63) is 20.3 Å². The van der Waals surface area contributed by atoms with Gasteiger partial charge in [-0.25, -0.2) is 4.79 Å². The second-order valence-corrected chi connectivity index (χ2v) is 5.12. The summed E-state index contributed by atoms with van der Waals surface area (Å²) in [7, 11) is 0. The van der Waals surface area contributed by atoms with Crippen molar-refractivity contribution in [3.8, 4) is 0 Å². The molecule has 10 heteroatoms. The molecule has 0 amide bonds. The molecule has 0 radical (unpaired) electrons. The quantitative estimate of drug-likeness (QED) is 0.567. The largest absolute Gasteiger partial charge is 0.394 e. The van der Waals surface area contributed by atoms with Gasteiger partial charge in [0.1, 0.15) is 18.0 Å². The molecule has 19 heavy (non-hydrogen) atoms. The molecule has 8 nitrogen and oxygen atoms in total. The number of nitrogens with zero attached hydrogens (tertiary/aromatic N) is 2. The van der Waals surface area contributed by atoms with E-state index in [1.165, 1.54) is 6.20 Å². The van der Waals surface area contributed by atoms with Crippen molar-refractivity contribution in [2.24, 2.45) is 0 Å². The average molecular weight is 387 g/mol. The van der Waals surface area contributed by atoms with Gasteiger partial charge >= 0.3 is 5.69 Å². The summed E-state index contributed by atoms with van der Waals surface area (Å²) in [5.41, 5.74) is 4.70. The topological polar surface area (TPSA) is 120 Å². The highest BCUT2D eigenvalue weighted by atomic mass is 127. The Morgan fingerprint density at radius 3 is 2.95 bits per heavy atom. The lowest BCUT2D eigenvalue weighted by Gasteiger charge is -2.18. The number of hydrogen-bond donors (Lipinski definition) is 3. The van der Waals surface area contributed by atoms with Crippen molar-refractivity contribution in [3.63, 3.8) is 0 Å². The molecule has 0 aromatic carbocycles. The molecule has 0 bridgehead atoms. The Morgan fingerprint density at radius 1 is 1.68 bits per heavy atom. The van der Waals surface area contributed by atoms with E-state index in [9.17, 15) is 14.4 Å². The lowest BCUT2D eigenvalue weighted by Crippen LogP contribution is -2.37. The first-order chi connectivity index (χ1) is 8.99. The van der Waals surface area contributed by atoms with Crippen LogP contribution in [0, 0.1) is 3.57 Å². The van der Waals surface area contributed by atoms with Gasteiger partial charge in [-0.1, -0.05) is 0 Å². The number of halogens is 2. The standard InChI is InChI=1S/C9H11FIN3O5/c10-19-6-5(16)4(2-15)18-8(6)14-1-3(11)7(12)13-9(14)17/h1,4-6,8,15-16H,2H2,(H2,12,13,17)/t4-,5+,6-,8-/m1/s1. The van der Waals surface area contributed by atoms with Crippen LogP contribution in [0.4, 0.5) is 10.3 Å². The van der Waals surface area contributed by atoms with Gasteiger partial charge in [0.05, 0.1) is 10.2 Å². The van der Waals surface area contributed by atoms with E-state index in [1.807, 2.05) is 22.6 Å². The molecular formula is C9H11FIN3O5. The van der Waals surface area contributed by atoms with Gasteiger partial charge in [-0.15, -0.1) is 0 Å². The molecule has 1 aromatic heterocycles. The first-order valence-corrected chi connectivity index (χ1v) is 6.33. The maximum Gasteiger partial charge on any atom is 0.351 e. The summed E-state index contributed by atoms with van der Waals surface area (Å²) in [6, 6.07) is 0. The Balaban J connectivity index is 2.41. The molecule has 1 aliphatic heterocycles. The maximum atomic E-state index is 12.5. The summed E-state index contributed by atoms with van der Waals surface area (Å²) in [6.45, 7) is -0.536. The number of aliphatic hydroxyl groups excluding tert-OH is 2. The summed E-state index contributed by atoms with van der Waals surface area (Å²) in [5, 5.41) is 18.7. The maximum absolute atomic E-state index is 12.5. The third-order valence-corrected chi connectivity index (χ3v) is 3.64. The van der Waals surface area contributed by atoms with Gasteiger partial charge in [0.15, 0.2) is 12.3 Å². The number of nitrogens with two attached hydrogens (primary N) is 1. The minimum absolute atomic E-state index is 0.0387. The Morgan fingerprint density at radius 2 is 2.37 bits per heavy atom. The molecule has 4 N–H and O–H groups in total. The third-order valence-electron chi connectivity index (χ3n) is 2.80. The fraction of sp³-hybridized carbons (Fsp3) is 0.556. The Labute approximate surface area is 120 Å². The molecule has 4 atom stereocenters. The van der Waals surface area contributed by atoms with E-state index in [2.05, 4.69) is 9.93 Å². The lowest BCUT2D eigenvalue weighted by molar-refractivity contribution is -0.221. The van der Waals surface area contributed by atoms with Crippen molar-refractivity contribution in [2.45, 2.75) is 24.5 Å². The molecular weight excluding hydrogens is 376 g/mol. The van der Waals surface area contributed by atoms with Gasteiger partial charge in [0, 0.05) is 6.20 Å². The molecule has 0 unspecified atom stereocenters. The van der Waals surface area contributed by atoms with E-state index < -0.39 is 36.8 Å². The van der Waals surface area contributed by atoms with E-state index >= 15 is 0 Å². The highest BCUT2D eigenvalue weighted by molar-refractivity contribution is 14.1. The van der Waals surface area contributed by atoms with Crippen molar-refractivity contribution in [1.82, 2.24) is 9.55 Å². The zero-order valence-corrected chi connectivity index (χ0v) is 11.6. The summed E-state index contributed by atoms with van der Waals surface area (Å²) < 4.78 is 19.1. The number of aliphatic hydroxyl groups is 2. The van der Waals surface area contributed by atoms with Crippen molar-refractivity contribution in [1.29, 1.82) is 0 Å². The van der Waals surface area contributed by atoms with Crippen LogP contribution in [0.25, 0.3) is 0 Å². The molecule has 0 saturated carbocycles. The normalized spacial score (nSPS) is 30.7. The smallest absolute Gasteiger partial charge is 0.351 e. The fourth-order valence-corrected chi connectivity index (χ4v) is 2.25. The van der Waals surface area contributed by atoms with Gasteiger partial charge in [-0.2, -0.15) is 9.93 Å². The molecule has 1 saturated heterocycles. The van der Waals surface area contributed by atoms with Crippen LogP contribution >= 0.6 is 22.6 Å². The Bertz CT molecular complexity index is 527. The summed E-state index contributed by atoms with van der Waals surface area (Å²) in [5.74, 6) is 0.0387. The molecule has 0 spiro atoms. The minimum Gasteiger partial charge on any atom is -0.394 e. The zero-order chi connectivity index (χ0) is 14.2. The lowest BCUT2D eigenvalue weighted by atomic mass is 10.1. The zero-order valence-electron chi connectivity index (χ0n) is 9.44. The van der Waals surface area contributed by atoms with E-state index in [0.717, 1.165) is 4.57 Å². The van der Waals surface area contributed by atoms with E-state index in [4.69, 9.17) is 15.6 Å². The van der Waals surface area contributed by atoms with Crippen molar-refractivity contribution in [2.75, 3.05) is 12.3 Å². The van der Waals surface area contributed by atoms with E-state index in [0.29, 0.717) is 3.57 Å². The molecule has 1 aliphatic rings. The SMILES string of the molecule is Nc1nc(=O)n([C@@H]2O[C@H](CO)[C@H](O)[C@H]2OF)cc1I. The van der Waals surface area contributed by atoms with E-state index in [-0.39, 0.29) is 5.82 Å². The summed E-state index contributed by atoms with van der Waals surface area (Å²) >= 11 is 1.84. The summed E-state index contributed by atoms with van der Waals surface area (Å²) in [4.78, 5) is 18.9. The van der Waals surface area contributed by atoms with Crippen LogP contribution in [0.2, 0.25) is 0 Å². The van der Waals surface area contributed by atoms with Gasteiger partial charge in [-0.05, 0) is 27.1 Å². The first-order valence-electron chi connectivity index (χ1n) is 5.25. The van der Waals surface area contributed by atoms with Crippen molar-refractivity contribution >= 4 is 28.4 Å². The first kappa shape index (κ1) is 14.6. The highest BCUT2D eigenvalue weighted by Crippen LogP contribution is 2.31. The molecule has 106 valence electrons. The predicted octanol–water partition coefficient (Wildman–Crippen LogP) is -1.05. The molecule has 2 heterocycles. The average Bonchev–Trinajstić information content (AvgIpc) is 2.70. The van der Waals surface area contributed by atoms with Crippen LogP contribution < -0.4 is 11.4 Å². The number of rotatable bonds is 3. The second-order valence-electron chi connectivity index (χ2n) is 3.96. The third kappa shape index (κ3) is 2.58. The highest BCUT2D eigenvalue weighted by Gasteiger charge is 2.46. The van der Waals surface area contributed by atoms with Crippen molar-refractivity contribution < 1.29 is 24.4 Å². The van der Waals surface area contributed by atoms with E-state index in [1.54, 1.807) is 0 Å². The van der Waals surface area contributed by atoms with Crippen LogP contribution in [-0.4, -0.2) is 44.7 Å². The fourth-order valence-electron chi connectivity index (χ4n) is 1.83. The van der Waals surface area contributed by atoms with Gasteiger partial charge < -0.3 is 20.7 Å². The molecule has 2 rings (SSSR count). The number of nitrogen functional groups attached to an aromatic ring is 1. The second kappa shape index (κ2) is 5.66. The van der Waals surface area contributed by atoms with Crippen LogP contribution in [0.3, 0.4) is 0 Å². The molecule has 1 aromatic rings. The van der Waals surface area contributed by atoms with Gasteiger partial charge in [-0.3, -0.25) is 4.57 Å². The molecule has 0 aliphatic carbocycles. The number of ether oxygens (including phenoxy) is 1. The summed E-state index contributed by atoms with van der Waals surface area (Å²) in [6.07, 6.45) is -3.80. The Hall–Kier alpha value is -0.820. The van der Waals surface area contributed by atoms with Gasteiger partial charge in [0.25, 0.3) is 0 Å².